The van der Waals surface area contributed by atoms with E-state index in [2.05, 4.69) is 0 Å². The molecule has 0 amide bonds. The molecule has 1 atom stereocenters. The van der Waals surface area contributed by atoms with E-state index in [0.29, 0.717) is 19.4 Å². The predicted molar refractivity (Wildman–Crippen MR) is 48.1 cm³/mol. The molecule has 0 saturated heterocycles. The van der Waals surface area contributed by atoms with Gasteiger partial charge in [0.05, 0.1) is 12.5 Å². The number of allylic oxidation sites excluding steroid dienone is 1. The zero-order valence-electron chi connectivity index (χ0n) is 8.00. The zero-order valence-corrected chi connectivity index (χ0v) is 8.00. The van der Waals surface area contributed by atoms with Gasteiger partial charge in [0.1, 0.15) is 0 Å². The fourth-order valence-electron chi connectivity index (χ4n) is 1.49. The van der Waals surface area contributed by atoms with Crippen LogP contribution < -0.4 is 0 Å². The summed E-state index contributed by atoms with van der Waals surface area (Å²) in [5.41, 5.74) is 0.828. The first kappa shape index (κ1) is 9.96. The average molecular weight is 182 g/mol. The van der Waals surface area contributed by atoms with E-state index in [-0.39, 0.29) is 17.7 Å². The van der Waals surface area contributed by atoms with Crippen LogP contribution in [0.5, 0.6) is 0 Å². The summed E-state index contributed by atoms with van der Waals surface area (Å²) < 4.78 is 4.90. The van der Waals surface area contributed by atoms with Gasteiger partial charge in [-0.15, -0.1) is 0 Å². The van der Waals surface area contributed by atoms with Gasteiger partial charge < -0.3 is 4.74 Å². The van der Waals surface area contributed by atoms with E-state index in [1.54, 1.807) is 19.9 Å². The topological polar surface area (TPSA) is 43.4 Å². The molecule has 72 valence electrons. The van der Waals surface area contributed by atoms with Crippen LogP contribution in [0.1, 0.15) is 26.7 Å². The van der Waals surface area contributed by atoms with Crippen molar-refractivity contribution in [2.45, 2.75) is 26.7 Å². The van der Waals surface area contributed by atoms with Crippen LogP contribution in [0.3, 0.4) is 0 Å². The van der Waals surface area contributed by atoms with Gasteiger partial charge in [0, 0.05) is 6.42 Å². The SMILES string of the molecule is CCOC(=O)[C@@H]1CCC(=O)C=C1C. The Hall–Kier alpha value is -1.12. The minimum absolute atomic E-state index is 0.109. The summed E-state index contributed by atoms with van der Waals surface area (Å²) in [5.74, 6) is -0.292. The molecule has 0 spiro atoms. The van der Waals surface area contributed by atoms with Gasteiger partial charge in [0.15, 0.2) is 5.78 Å². The second kappa shape index (κ2) is 4.21. The van der Waals surface area contributed by atoms with Crippen molar-refractivity contribution < 1.29 is 14.3 Å². The molecule has 1 rings (SSSR count). The van der Waals surface area contributed by atoms with E-state index >= 15 is 0 Å². The van der Waals surface area contributed by atoms with Crippen molar-refractivity contribution in [2.24, 2.45) is 5.92 Å². The third-order valence-electron chi connectivity index (χ3n) is 2.19. The molecule has 0 unspecified atom stereocenters. The molecule has 0 aliphatic heterocycles. The van der Waals surface area contributed by atoms with Crippen molar-refractivity contribution in [3.8, 4) is 0 Å². The second-order valence-electron chi connectivity index (χ2n) is 3.20. The van der Waals surface area contributed by atoms with Crippen molar-refractivity contribution in [3.05, 3.63) is 11.6 Å². The first-order chi connectivity index (χ1) is 6.15. The van der Waals surface area contributed by atoms with Gasteiger partial charge in [0.25, 0.3) is 0 Å². The fourth-order valence-corrected chi connectivity index (χ4v) is 1.49. The lowest BCUT2D eigenvalue weighted by Crippen LogP contribution is -2.23. The fraction of sp³-hybridized carbons (Fsp3) is 0.600. The smallest absolute Gasteiger partial charge is 0.313 e. The molecule has 0 aromatic carbocycles. The quantitative estimate of drug-likeness (QED) is 0.607. The first-order valence-electron chi connectivity index (χ1n) is 4.52. The van der Waals surface area contributed by atoms with Crippen LogP contribution in [-0.4, -0.2) is 18.4 Å². The first-order valence-corrected chi connectivity index (χ1v) is 4.52. The molecule has 0 N–H and O–H groups in total. The zero-order chi connectivity index (χ0) is 9.84. The molecular weight excluding hydrogens is 168 g/mol. The third-order valence-corrected chi connectivity index (χ3v) is 2.19. The molecule has 1 aliphatic rings. The molecule has 0 bridgehead atoms. The minimum atomic E-state index is -0.205. The summed E-state index contributed by atoms with van der Waals surface area (Å²) in [6.07, 6.45) is 2.60. The minimum Gasteiger partial charge on any atom is -0.466 e. The molecule has 3 heteroatoms. The highest BCUT2D eigenvalue weighted by atomic mass is 16.5. The van der Waals surface area contributed by atoms with Crippen LogP contribution in [0.25, 0.3) is 0 Å². The third kappa shape index (κ3) is 2.41. The second-order valence-corrected chi connectivity index (χ2v) is 3.20. The Morgan fingerprint density at radius 3 is 2.92 bits per heavy atom. The van der Waals surface area contributed by atoms with Crippen molar-refractivity contribution in [1.82, 2.24) is 0 Å². The summed E-state index contributed by atoms with van der Waals surface area (Å²) in [6, 6.07) is 0. The number of rotatable bonds is 2. The number of carbonyl (C=O) groups is 2. The van der Waals surface area contributed by atoms with E-state index < -0.39 is 0 Å². The highest BCUT2D eigenvalue weighted by molar-refractivity contribution is 5.93. The van der Waals surface area contributed by atoms with Crippen molar-refractivity contribution in [2.75, 3.05) is 6.61 Å². The van der Waals surface area contributed by atoms with Gasteiger partial charge in [-0.3, -0.25) is 9.59 Å². The van der Waals surface area contributed by atoms with Crippen LogP contribution in [0, 0.1) is 5.92 Å². The molecular formula is C10H14O3. The van der Waals surface area contributed by atoms with E-state index in [0.717, 1.165) is 5.57 Å². The van der Waals surface area contributed by atoms with Gasteiger partial charge in [-0.25, -0.2) is 0 Å². The molecule has 0 aromatic rings. The monoisotopic (exact) mass is 182 g/mol. The average Bonchev–Trinajstić information content (AvgIpc) is 2.04. The van der Waals surface area contributed by atoms with Gasteiger partial charge in [-0.05, 0) is 26.3 Å². The number of ether oxygens (including phenoxy) is 1. The normalized spacial score (nSPS) is 22.5. The maximum atomic E-state index is 11.3. The molecule has 0 radical (unpaired) electrons. The Balaban J connectivity index is 2.66. The largest absolute Gasteiger partial charge is 0.466 e. The number of ketones is 1. The number of hydrogen-bond donors (Lipinski definition) is 0. The summed E-state index contributed by atoms with van der Waals surface area (Å²) in [7, 11) is 0. The lowest BCUT2D eigenvalue weighted by Gasteiger charge is -2.18. The van der Waals surface area contributed by atoms with Crippen LogP contribution >= 0.6 is 0 Å². The van der Waals surface area contributed by atoms with E-state index in [9.17, 15) is 9.59 Å². The van der Waals surface area contributed by atoms with Gasteiger partial charge in [-0.2, -0.15) is 0 Å². The van der Waals surface area contributed by atoms with E-state index in [1.807, 2.05) is 0 Å². The van der Waals surface area contributed by atoms with E-state index in [4.69, 9.17) is 4.74 Å². The number of hydrogen-bond acceptors (Lipinski definition) is 3. The molecule has 3 nitrogen and oxygen atoms in total. The maximum Gasteiger partial charge on any atom is 0.313 e. The lowest BCUT2D eigenvalue weighted by molar-refractivity contribution is -0.147. The van der Waals surface area contributed by atoms with Crippen molar-refractivity contribution in [3.63, 3.8) is 0 Å². The summed E-state index contributed by atoms with van der Waals surface area (Å²) in [6.45, 7) is 3.99. The lowest BCUT2D eigenvalue weighted by atomic mass is 9.88. The summed E-state index contributed by atoms with van der Waals surface area (Å²) in [5, 5.41) is 0. The van der Waals surface area contributed by atoms with Crippen molar-refractivity contribution >= 4 is 11.8 Å². The van der Waals surface area contributed by atoms with Gasteiger partial charge >= 0.3 is 5.97 Å². The highest BCUT2D eigenvalue weighted by Crippen LogP contribution is 2.23. The molecule has 13 heavy (non-hydrogen) atoms. The number of esters is 1. The molecule has 0 heterocycles. The standard InChI is InChI=1S/C10H14O3/c1-3-13-10(12)9-5-4-8(11)6-7(9)2/h6,9H,3-5H2,1-2H3/t9-/m1/s1. The molecule has 0 fully saturated rings. The summed E-state index contributed by atoms with van der Waals surface area (Å²) >= 11 is 0. The molecule has 1 aliphatic carbocycles. The van der Waals surface area contributed by atoms with E-state index in [1.165, 1.54) is 0 Å². The van der Waals surface area contributed by atoms with Crippen LogP contribution in [0.15, 0.2) is 11.6 Å². The Morgan fingerprint density at radius 2 is 2.38 bits per heavy atom. The van der Waals surface area contributed by atoms with Crippen molar-refractivity contribution in [1.29, 1.82) is 0 Å². The molecule has 0 saturated carbocycles. The van der Waals surface area contributed by atoms with Crippen LogP contribution in [0.4, 0.5) is 0 Å². The van der Waals surface area contributed by atoms with Crippen LogP contribution in [0.2, 0.25) is 0 Å². The highest BCUT2D eigenvalue weighted by Gasteiger charge is 2.25. The molecule has 0 aromatic heterocycles. The van der Waals surface area contributed by atoms with Crippen LogP contribution in [-0.2, 0) is 14.3 Å². The van der Waals surface area contributed by atoms with Gasteiger partial charge in [-0.1, -0.05) is 5.57 Å². The Labute approximate surface area is 77.8 Å². The predicted octanol–water partition coefficient (Wildman–Crippen LogP) is 1.47. The Bertz CT molecular complexity index is 253. The Kier molecular flexibility index (Phi) is 3.23. The number of carbonyl (C=O) groups excluding carboxylic acids is 2. The van der Waals surface area contributed by atoms with Gasteiger partial charge in [0.2, 0.25) is 0 Å². The summed E-state index contributed by atoms with van der Waals surface area (Å²) in [4.78, 5) is 22.3. The Morgan fingerprint density at radius 1 is 1.69 bits per heavy atom. The maximum absolute atomic E-state index is 11.3.